The summed E-state index contributed by atoms with van der Waals surface area (Å²) in [5.41, 5.74) is 3.52. The number of halogens is 1. The van der Waals surface area contributed by atoms with Gasteiger partial charge in [0, 0.05) is 22.0 Å². The van der Waals surface area contributed by atoms with Gasteiger partial charge in [0.05, 0.1) is 11.3 Å². The third-order valence-corrected chi connectivity index (χ3v) is 6.93. The summed E-state index contributed by atoms with van der Waals surface area (Å²) in [5, 5.41) is 11.7. The van der Waals surface area contributed by atoms with Gasteiger partial charge in [-0.05, 0) is 72.5 Å². The van der Waals surface area contributed by atoms with Crippen LogP contribution in [-0.4, -0.2) is 25.4 Å². The molecule has 0 radical (unpaired) electrons. The number of carboxylic acids is 1. The Morgan fingerprint density at radius 3 is 2.29 bits per heavy atom. The lowest BCUT2D eigenvalue weighted by atomic mass is 10.0. The first kappa shape index (κ1) is 25.0. The third kappa shape index (κ3) is 6.03. The van der Waals surface area contributed by atoms with Crippen molar-refractivity contribution in [3.05, 3.63) is 94.7 Å². The number of nitrogens with one attached hydrogen (secondary N) is 2. The molecule has 0 aliphatic carbocycles. The molecule has 0 atom stereocenters. The molecular weight excluding hydrogens is 476 g/mol. The van der Waals surface area contributed by atoms with Crippen molar-refractivity contribution < 1.29 is 23.1 Å². The fraction of sp³-hybridized carbons (Fsp3) is 0.120. The lowest BCUT2D eigenvalue weighted by Gasteiger charge is -2.13. The number of aryl methyl sites for hydroxylation is 2. The molecule has 34 heavy (non-hydrogen) atoms. The van der Waals surface area contributed by atoms with Crippen molar-refractivity contribution in [2.75, 3.05) is 4.72 Å². The topological polar surface area (TPSA) is 113 Å². The van der Waals surface area contributed by atoms with Gasteiger partial charge in [-0.25, -0.2) is 8.42 Å². The fourth-order valence-corrected chi connectivity index (χ4v) is 4.87. The SMILES string of the molecule is C=C(CC(=O)O)NC(=O)c1ccc(-c2cccc(NS(=O)(=O)c3cc(C)c(Cl)cc3C)c2)cc1. The molecule has 3 aromatic rings. The molecule has 0 fully saturated rings. The minimum absolute atomic E-state index is 0.0904. The maximum absolute atomic E-state index is 13.0. The Bertz CT molecular complexity index is 1380. The minimum atomic E-state index is -3.83. The van der Waals surface area contributed by atoms with Crippen molar-refractivity contribution in [1.29, 1.82) is 0 Å². The summed E-state index contributed by atoms with van der Waals surface area (Å²) < 4.78 is 28.5. The van der Waals surface area contributed by atoms with Crippen LogP contribution in [0.3, 0.4) is 0 Å². The molecule has 0 saturated heterocycles. The summed E-state index contributed by atoms with van der Waals surface area (Å²) in [6.45, 7) is 6.95. The number of amides is 1. The lowest BCUT2D eigenvalue weighted by molar-refractivity contribution is -0.136. The van der Waals surface area contributed by atoms with Gasteiger partial charge >= 0.3 is 5.97 Å². The average Bonchev–Trinajstić information content (AvgIpc) is 2.75. The van der Waals surface area contributed by atoms with Crippen molar-refractivity contribution in [2.24, 2.45) is 0 Å². The predicted molar refractivity (Wildman–Crippen MR) is 132 cm³/mol. The molecular formula is C25H23ClN2O5S. The Kier molecular flexibility index (Phi) is 7.44. The highest BCUT2D eigenvalue weighted by atomic mass is 35.5. The van der Waals surface area contributed by atoms with Gasteiger partial charge in [0.1, 0.15) is 0 Å². The molecule has 0 aromatic heterocycles. The highest BCUT2D eigenvalue weighted by molar-refractivity contribution is 7.92. The number of hydrogen-bond acceptors (Lipinski definition) is 4. The number of aliphatic carboxylic acids is 1. The molecule has 7 nitrogen and oxygen atoms in total. The Hall–Kier alpha value is -3.62. The van der Waals surface area contributed by atoms with Crippen LogP contribution in [0.5, 0.6) is 0 Å². The van der Waals surface area contributed by atoms with Gasteiger partial charge in [-0.3, -0.25) is 14.3 Å². The van der Waals surface area contributed by atoms with Crippen LogP contribution in [0.15, 0.2) is 77.8 Å². The molecule has 0 aliphatic heterocycles. The Morgan fingerprint density at radius 2 is 1.65 bits per heavy atom. The zero-order chi connectivity index (χ0) is 25.0. The molecule has 0 heterocycles. The number of anilines is 1. The second-order valence-electron chi connectivity index (χ2n) is 7.76. The van der Waals surface area contributed by atoms with Gasteiger partial charge in [0.2, 0.25) is 0 Å². The summed E-state index contributed by atoms with van der Waals surface area (Å²) in [6, 6.07) is 16.7. The second-order valence-corrected chi connectivity index (χ2v) is 9.82. The number of carbonyl (C=O) groups excluding carboxylic acids is 1. The summed E-state index contributed by atoms with van der Waals surface area (Å²) in [5.74, 6) is -1.55. The minimum Gasteiger partial charge on any atom is -0.481 e. The highest BCUT2D eigenvalue weighted by Crippen LogP contribution is 2.28. The van der Waals surface area contributed by atoms with Crippen molar-refractivity contribution in [2.45, 2.75) is 25.2 Å². The van der Waals surface area contributed by atoms with Gasteiger partial charge in [-0.15, -0.1) is 0 Å². The summed E-state index contributed by atoms with van der Waals surface area (Å²) in [7, 11) is -3.83. The molecule has 1 amide bonds. The monoisotopic (exact) mass is 498 g/mol. The first-order valence-electron chi connectivity index (χ1n) is 10.2. The van der Waals surface area contributed by atoms with Gasteiger partial charge in [-0.1, -0.05) is 42.4 Å². The molecule has 0 spiro atoms. The number of rotatable bonds is 8. The van der Waals surface area contributed by atoms with E-state index in [2.05, 4.69) is 16.6 Å². The second kappa shape index (κ2) is 10.1. The van der Waals surface area contributed by atoms with Crippen LogP contribution in [0.25, 0.3) is 11.1 Å². The van der Waals surface area contributed by atoms with E-state index in [1.54, 1.807) is 68.4 Å². The van der Waals surface area contributed by atoms with E-state index in [0.717, 1.165) is 11.1 Å². The molecule has 0 unspecified atom stereocenters. The normalized spacial score (nSPS) is 11.0. The van der Waals surface area contributed by atoms with Crippen LogP contribution >= 0.6 is 11.6 Å². The molecule has 0 aliphatic rings. The molecule has 3 aromatic carbocycles. The third-order valence-electron chi connectivity index (χ3n) is 5.00. The van der Waals surface area contributed by atoms with Crippen LogP contribution in [0.1, 0.15) is 27.9 Å². The fourth-order valence-electron chi connectivity index (χ4n) is 3.29. The van der Waals surface area contributed by atoms with Crippen LogP contribution in [-0.2, 0) is 14.8 Å². The zero-order valence-electron chi connectivity index (χ0n) is 18.6. The van der Waals surface area contributed by atoms with Crippen molar-refractivity contribution in [1.82, 2.24) is 5.32 Å². The molecule has 176 valence electrons. The van der Waals surface area contributed by atoms with E-state index in [4.69, 9.17) is 16.7 Å². The predicted octanol–water partition coefficient (Wildman–Crippen LogP) is 5.14. The van der Waals surface area contributed by atoms with E-state index in [0.29, 0.717) is 27.4 Å². The van der Waals surface area contributed by atoms with Crippen molar-refractivity contribution >= 4 is 39.2 Å². The highest BCUT2D eigenvalue weighted by Gasteiger charge is 2.19. The number of carboxylic acid groups (broad SMARTS) is 1. The van der Waals surface area contributed by atoms with Crippen molar-refractivity contribution in [3.63, 3.8) is 0 Å². The van der Waals surface area contributed by atoms with E-state index in [-0.39, 0.29) is 17.0 Å². The number of hydrogen-bond donors (Lipinski definition) is 3. The zero-order valence-corrected chi connectivity index (χ0v) is 20.1. The Balaban J connectivity index is 1.79. The first-order chi connectivity index (χ1) is 16.0. The van der Waals surface area contributed by atoms with Crippen LogP contribution in [0.4, 0.5) is 5.69 Å². The summed E-state index contributed by atoms with van der Waals surface area (Å²) in [4.78, 5) is 23.1. The molecule has 0 saturated carbocycles. The number of benzene rings is 3. The van der Waals surface area contributed by atoms with Crippen LogP contribution in [0.2, 0.25) is 5.02 Å². The van der Waals surface area contributed by atoms with E-state index >= 15 is 0 Å². The Labute approximate surface area is 203 Å². The smallest absolute Gasteiger partial charge is 0.309 e. The molecule has 3 rings (SSSR count). The van der Waals surface area contributed by atoms with Gasteiger partial charge in [-0.2, -0.15) is 0 Å². The maximum Gasteiger partial charge on any atom is 0.309 e. The maximum atomic E-state index is 13.0. The van der Waals surface area contributed by atoms with E-state index in [1.807, 2.05) is 6.07 Å². The van der Waals surface area contributed by atoms with Gasteiger partial charge < -0.3 is 10.4 Å². The number of carbonyl (C=O) groups is 2. The van der Waals surface area contributed by atoms with Gasteiger partial charge in [0.15, 0.2) is 0 Å². The lowest BCUT2D eigenvalue weighted by Crippen LogP contribution is -2.23. The Morgan fingerprint density at radius 1 is 0.971 bits per heavy atom. The van der Waals surface area contributed by atoms with Crippen molar-refractivity contribution in [3.8, 4) is 11.1 Å². The summed E-state index contributed by atoms with van der Waals surface area (Å²) >= 11 is 6.09. The quantitative estimate of drug-likeness (QED) is 0.398. The number of sulfonamides is 1. The average molecular weight is 499 g/mol. The molecule has 9 heteroatoms. The standard InChI is InChI=1S/C25H23ClN2O5S/c1-15-12-23(16(2)11-22(15)26)34(32,33)28-21-6-4-5-20(14-21)18-7-9-19(10-8-18)25(31)27-17(3)13-24(29)30/h4-12,14,28H,3,13H2,1-2H3,(H,27,31)(H,29,30). The molecule has 3 N–H and O–H groups in total. The van der Waals surface area contributed by atoms with Gasteiger partial charge in [0.25, 0.3) is 15.9 Å². The first-order valence-corrected chi connectivity index (χ1v) is 12.0. The van der Waals surface area contributed by atoms with E-state index < -0.39 is 21.9 Å². The van der Waals surface area contributed by atoms with E-state index in [9.17, 15) is 18.0 Å². The van der Waals surface area contributed by atoms with Crippen LogP contribution < -0.4 is 10.0 Å². The largest absolute Gasteiger partial charge is 0.481 e. The summed E-state index contributed by atoms with van der Waals surface area (Å²) in [6.07, 6.45) is -0.359. The van der Waals surface area contributed by atoms with E-state index in [1.165, 1.54) is 0 Å². The van der Waals surface area contributed by atoms with Crippen LogP contribution in [0, 0.1) is 13.8 Å². The molecule has 0 bridgehead atoms.